The van der Waals surface area contributed by atoms with Crippen LogP contribution in [0.4, 0.5) is 0 Å². The summed E-state index contributed by atoms with van der Waals surface area (Å²) < 4.78 is 16.3. The number of ether oxygens (including phenoxy) is 3. The molecule has 0 saturated carbocycles. The fourth-order valence-corrected chi connectivity index (χ4v) is 2.42. The summed E-state index contributed by atoms with van der Waals surface area (Å²) in [7, 11) is 0. The number of aromatic nitrogens is 2. The first-order valence-electron chi connectivity index (χ1n) is 6.45. The van der Waals surface area contributed by atoms with Crippen molar-refractivity contribution < 1.29 is 14.2 Å². The maximum Gasteiger partial charge on any atom is 0.231 e. The third-order valence-electron chi connectivity index (χ3n) is 3.23. The topological polar surface area (TPSA) is 56.4 Å². The molecule has 0 saturated heterocycles. The first-order valence-corrected chi connectivity index (χ1v) is 6.83. The number of hydrogen-bond donors (Lipinski definition) is 1. The number of rotatable bonds is 3. The number of hydrogen-bond acceptors (Lipinski definition) is 4. The number of aromatic amines is 1. The van der Waals surface area contributed by atoms with Gasteiger partial charge in [0, 0.05) is 12.1 Å². The zero-order chi connectivity index (χ0) is 14.2. The second-order valence-electron chi connectivity index (χ2n) is 4.63. The second kappa shape index (κ2) is 4.86. The van der Waals surface area contributed by atoms with Gasteiger partial charge in [0.15, 0.2) is 11.5 Å². The summed E-state index contributed by atoms with van der Waals surface area (Å²) in [5, 5.41) is 0.578. The fraction of sp³-hybridized carbons (Fsp3) is 0.133. The molecule has 4 rings (SSSR count). The van der Waals surface area contributed by atoms with Gasteiger partial charge < -0.3 is 19.2 Å². The normalized spacial score (nSPS) is 12.8. The second-order valence-corrected chi connectivity index (χ2v) is 5.03. The minimum Gasteiger partial charge on any atom is -0.484 e. The molecule has 0 radical (unpaired) electrons. The Morgan fingerprint density at radius 2 is 2.00 bits per heavy atom. The first-order chi connectivity index (χ1) is 10.3. The number of halogens is 1. The van der Waals surface area contributed by atoms with Crippen LogP contribution >= 0.6 is 11.6 Å². The van der Waals surface area contributed by atoms with Gasteiger partial charge in [-0.3, -0.25) is 0 Å². The minimum atomic E-state index is 0.254. The van der Waals surface area contributed by atoms with Crippen molar-refractivity contribution in [2.24, 2.45) is 0 Å². The lowest BCUT2D eigenvalue weighted by Gasteiger charge is -2.05. The van der Waals surface area contributed by atoms with Gasteiger partial charge in [0.05, 0.1) is 16.1 Å². The van der Waals surface area contributed by atoms with Crippen LogP contribution in [0.15, 0.2) is 36.4 Å². The molecule has 21 heavy (non-hydrogen) atoms. The Bertz CT molecular complexity index is 775. The number of H-pyrrole nitrogens is 1. The van der Waals surface area contributed by atoms with Crippen LogP contribution in [-0.4, -0.2) is 16.8 Å². The highest BCUT2D eigenvalue weighted by Crippen LogP contribution is 2.35. The van der Waals surface area contributed by atoms with Gasteiger partial charge >= 0.3 is 0 Å². The number of nitrogens with zero attached hydrogens (tertiary/aromatic N) is 1. The van der Waals surface area contributed by atoms with Gasteiger partial charge in [-0.2, -0.15) is 0 Å². The van der Waals surface area contributed by atoms with Crippen molar-refractivity contribution in [3.8, 4) is 17.2 Å². The molecule has 1 aromatic heterocycles. The third kappa shape index (κ3) is 2.25. The van der Waals surface area contributed by atoms with E-state index in [1.165, 1.54) is 0 Å². The smallest absolute Gasteiger partial charge is 0.231 e. The van der Waals surface area contributed by atoms with Crippen LogP contribution in [0.25, 0.3) is 11.0 Å². The highest BCUT2D eigenvalue weighted by Gasteiger charge is 2.16. The van der Waals surface area contributed by atoms with Gasteiger partial charge in [0.25, 0.3) is 0 Å². The summed E-state index contributed by atoms with van der Waals surface area (Å²) in [5.41, 5.74) is 1.70. The van der Waals surface area contributed by atoms with Gasteiger partial charge in [0.1, 0.15) is 18.2 Å². The van der Waals surface area contributed by atoms with Gasteiger partial charge in [0.2, 0.25) is 6.79 Å². The molecule has 0 fully saturated rings. The SMILES string of the molecule is Clc1ccccc1OCc1nc2cc3c(cc2[nH]1)OCO3. The molecule has 0 spiro atoms. The van der Waals surface area contributed by atoms with E-state index in [0.29, 0.717) is 29.0 Å². The van der Waals surface area contributed by atoms with Gasteiger partial charge in [-0.1, -0.05) is 23.7 Å². The number of para-hydroxylation sites is 1. The molecule has 0 amide bonds. The number of imidazole rings is 1. The predicted molar refractivity (Wildman–Crippen MR) is 78.0 cm³/mol. The lowest BCUT2D eigenvalue weighted by molar-refractivity contribution is 0.174. The van der Waals surface area contributed by atoms with Crippen molar-refractivity contribution in [1.82, 2.24) is 9.97 Å². The van der Waals surface area contributed by atoms with Crippen molar-refractivity contribution >= 4 is 22.6 Å². The average molecular weight is 303 g/mol. The van der Waals surface area contributed by atoms with E-state index in [1.807, 2.05) is 30.3 Å². The molecule has 0 aliphatic carbocycles. The molecule has 1 N–H and O–H groups in total. The van der Waals surface area contributed by atoms with Gasteiger partial charge in [-0.15, -0.1) is 0 Å². The van der Waals surface area contributed by atoms with E-state index in [1.54, 1.807) is 6.07 Å². The number of benzene rings is 2. The Labute approximate surface area is 125 Å². The van der Waals surface area contributed by atoms with Crippen LogP contribution < -0.4 is 14.2 Å². The fourth-order valence-electron chi connectivity index (χ4n) is 2.23. The lowest BCUT2D eigenvalue weighted by Crippen LogP contribution is -1.97. The van der Waals surface area contributed by atoms with Crippen LogP contribution in [0.2, 0.25) is 5.02 Å². The van der Waals surface area contributed by atoms with Gasteiger partial charge in [-0.05, 0) is 12.1 Å². The lowest BCUT2D eigenvalue weighted by atomic mass is 10.3. The van der Waals surface area contributed by atoms with E-state index in [9.17, 15) is 0 Å². The van der Waals surface area contributed by atoms with Gasteiger partial charge in [-0.25, -0.2) is 4.98 Å². The Hall–Kier alpha value is -2.40. The van der Waals surface area contributed by atoms with Crippen LogP contribution in [0.5, 0.6) is 17.2 Å². The van der Waals surface area contributed by atoms with E-state index in [4.69, 9.17) is 25.8 Å². The molecule has 6 heteroatoms. The molecule has 1 aliphatic rings. The Morgan fingerprint density at radius 1 is 1.19 bits per heavy atom. The van der Waals surface area contributed by atoms with Crippen molar-refractivity contribution in [1.29, 1.82) is 0 Å². The molecular weight excluding hydrogens is 292 g/mol. The summed E-state index contributed by atoms with van der Waals surface area (Å²) >= 11 is 6.05. The highest BCUT2D eigenvalue weighted by molar-refractivity contribution is 6.32. The molecule has 5 nitrogen and oxygen atoms in total. The van der Waals surface area contributed by atoms with Crippen molar-refractivity contribution in [2.75, 3.05) is 6.79 Å². The van der Waals surface area contributed by atoms with E-state index in [-0.39, 0.29) is 6.79 Å². The summed E-state index contributed by atoms with van der Waals surface area (Å²) in [6.07, 6.45) is 0. The van der Waals surface area contributed by atoms with Crippen molar-refractivity contribution in [3.05, 3.63) is 47.2 Å². The third-order valence-corrected chi connectivity index (χ3v) is 3.54. The molecule has 106 valence electrons. The maximum atomic E-state index is 6.05. The molecule has 0 unspecified atom stereocenters. The summed E-state index contributed by atoms with van der Waals surface area (Å²) in [4.78, 5) is 7.68. The zero-order valence-corrected chi connectivity index (χ0v) is 11.7. The Balaban J connectivity index is 1.59. The molecule has 0 atom stereocenters. The summed E-state index contributed by atoms with van der Waals surface area (Å²) in [6.45, 7) is 0.565. The monoisotopic (exact) mass is 302 g/mol. The largest absolute Gasteiger partial charge is 0.484 e. The highest BCUT2D eigenvalue weighted by atomic mass is 35.5. The summed E-state index contributed by atoms with van der Waals surface area (Å²) in [5.74, 6) is 2.79. The van der Waals surface area contributed by atoms with E-state index in [2.05, 4.69) is 9.97 Å². The van der Waals surface area contributed by atoms with Crippen LogP contribution in [-0.2, 0) is 6.61 Å². The van der Waals surface area contributed by atoms with E-state index in [0.717, 1.165) is 16.8 Å². The van der Waals surface area contributed by atoms with Crippen molar-refractivity contribution in [2.45, 2.75) is 6.61 Å². The molecule has 1 aliphatic heterocycles. The predicted octanol–water partition coefficient (Wildman–Crippen LogP) is 3.52. The quantitative estimate of drug-likeness (QED) is 0.804. The molecule has 2 heterocycles. The molecule has 3 aromatic rings. The summed E-state index contributed by atoms with van der Waals surface area (Å²) in [6, 6.07) is 11.1. The van der Waals surface area contributed by atoms with Crippen LogP contribution in [0.3, 0.4) is 0 Å². The minimum absolute atomic E-state index is 0.254. The molecule has 0 bridgehead atoms. The molecular formula is C15H11ClN2O3. The van der Waals surface area contributed by atoms with E-state index >= 15 is 0 Å². The van der Waals surface area contributed by atoms with Crippen LogP contribution in [0.1, 0.15) is 5.82 Å². The van der Waals surface area contributed by atoms with E-state index < -0.39 is 0 Å². The Morgan fingerprint density at radius 3 is 2.86 bits per heavy atom. The maximum absolute atomic E-state index is 6.05. The van der Waals surface area contributed by atoms with Crippen molar-refractivity contribution in [3.63, 3.8) is 0 Å². The molecule has 2 aromatic carbocycles. The standard InChI is InChI=1S/C15H11ClN2O3/c16-9-3-1-2-4-12(9)19-7-15-17-10-5-13-14(21-8-20-13)6-11(10)18-15/h1-6H,7-8H2,(H,17,18). The first kappa shape index (κ1) is 12.3. The zero-order valence-electron chi connectivity index (χ0n) is 10.9. The number of nitrogens with one attached hydrogen (secondary N) is 1. The Kier molecular flexibility index (Phi) is 2.86. The number of fused-ring (bicyclic) bond motifs is 2. The average Bonchev–Trinajstić information content (AvgIpc) is 3.08. The van der Waals surface area contributed by atoms with Crippen LogP contribution in [0, 0.1) is 0 Å².